The molecule has 0 aliphatic carbocycles. The molecule has 2 heterocycles. The second kappa shape index (κ2) is 4.91. The number of rotatable bonds is 4. The first-order chi connectivity index (χ1) is 7.66. The average molecular weight is 241 g/mol. The minimum atomic E-state index is -0.811. The van der Waals surface area contributed by atoms with Gasteiger partial charge in [0.15, 0.2) is 5.89 Å². The normalized spacial score (nSPS) is 20.2. The fourth-order valence-electron chi connectivity index (χ4n) is 1.91. The summed E-state index contributed by atoms with van der Waals surface area (Å²) in [6.07, 6.45) is 1.62. The summed E-state index contributed by atoms with van der Waals surface area (Å²) in [5.41, 5.74) is 1.03. The molecule has 1 aromatic heterocycles. The molecular formula is C11H15NO3S. The van der Waals surface area contributed by atoms with Gasteiger partial charge in [-0.3, -0.25) is 4.79 Å². The van der Waals surface area contributed by atoms with Gasteiger partial charge in [0.2, 0.25) is 0 Å². The van der Waals surface area contributed by atoms with E-state index in [1.54, 1.807) is 0 Å². The van der Waals surface area contributed by atoms with Crippen LogP contribution in [0.1, 0.15) is 36.1 Å². The zero-order valence-electron chi connectivity index (χ0n) is 9.23. The Bertz CT molecular complexity index is 383. The third-order valence-electron chi connectivity index (χ3n) is 2.75. The Morgan fingerprint density at radius 3 is 3.12 bits per heavy atom. The van der Waals surface area contributed by atoms with E-state index >= 15 is 0 Å². The molecule has 4 nitrogen and oxygen atoms in total. The van der Waals surface area contributed by atoms with E-state index in [4.69, 9.17) is 9.52 Å². The first-order valence-corrected chi connectivity index (χ1v) is 6.58. The summed E-state index contributed by atoms with van der Waals surface area (Å²) in [7, 11) is 0. The van der Waals surface area contributed by atoms with Crippen LogP contribution in [-0.2, 0) is 11.2 Å². The third-order valence-corrected chi connectivity index (χ3v) is 3.91. The molecule has 16 heavy (non-hydrogen) atoms. The summed E-state index contributed by atoms with van der Waals surface area (Å²) in [5, 5.41) is 8.59. The molecule has 1 unspecified atom stereocenters. The Morgan fingerprint density at radius 1 is 1.69 bits per heavy atom. The highest BCUT2D eigenvalue weighted by Gasteiger charge is 2.23. The van der Waals surface area contributed by atoms with Gasteiger partial charge in [-0.2, -0.15) is 11.8 Å². The molecule has 0 bridgehead atoms. The lowest BCUT2D eigenvalue weighted by molar-refractivity contribution is -0.137. The van der Waals surface area contributed by atoms with Gasteiger partial charge in [0.1, 0.15) is 5.76 Å². The van der Waals surface area contributed by atoms with Crippen molar-refractivity contribution >= 4 is 17.7 Å². The Hall–Kier alpha value is -0.970. The van der Waals surface area contributed by atoms with E-state index in [1.807, 2.05) is 18.7 Å². The quantitative estimate of drug-likeness (QED) is 0.875. The number of thioether (sulfide) groups is 1. The van der Waals surface area contributed by atoms with Crippen molar-refractivity contribution in [3.05, 3.63) is 17.3 Å². The molecule has 1 aromatic rings. The maximum atomic E-state index is 10.4. The zero-order valence-corrected chi connectivity index (χ0v) is 10.0. The molecule has 0 aromatic carbocycles. The summed E-state index contributed by atoms with van der Waals surface area (Å²) in [5.74, 6) is 3.38. The molecular weight excluding hydrogens is 226 g/mol. The number of aromatic nitrogens is 1. The van der Waals surface area contributed by atoms with Gasteiger partial charge in [0, 0.05) is 18.1 Å². The highest BCUT2D eigenvalue weighted by atomic mass is 32.2. The molecule has 1 fully saturated rings. The SMILES string of the molecule is Cc1oc(CCC(=O)O)nc1C1CCSC1. The Morgan fingerprint density at radius 2 is 2.50 bits per heavy atom. The van der Waals surface area contributed by atoms with Crippen LogP contribution in [0.2, 0.25) is 0 Å². The molecule has 5 heteroatoms. The number of carboxylic acids is 1. The lowest BCUT2D eigenvalue weighted by atomic mass is 10.0. The van der Waals surface area contributed by atoms with Crippen LogP contribution in [0.4, 0.5) is 0 Å². The van der Waals surface area contributed by atoms with Gasteiger partial charge in [-0.05, 0) is 19.1 Å². The van der Waals surface area contributed by atoms with Crippen LogP contribution in [0.5, 0.6) is 0 Å². The van der Waals surface area contributed by atoms with Crippen LogP contribution < -0.4 is 0 Å². The van der Waals surface area contributed by atoms with Crippen molar-refractivity contribution in [1.82, 2.24) is 4.98 Å². The van der Waals surface area contributed by atoms with Crippen molar-refractivity contribution in [3.63, 3.8) is 0 Å². The molecule has 1 aliphatic heterocycles. The summed E-state index contributed by atoms with van der Waals surface area (Å²) in [6, 6.07) is 0. The molecule has 1 N–H and O–H groups in total. The van der Waals surface area contributed by atoms with Gasteiger partial charge in [0.05, 0.1) is 12.1 Å². The van der Waals surface area contributed by atoms with E-state index in [-0.39, 0.29) is 6.42 Å². The van der Waals surface area contributed by atoms with Crippen LogP contribution in [-0.4, -0.2) is 27.6 Å². The topological polar surface area (TPSA) is 63.3 Å². The number of aryl methyl sites for hydroxylation is 2. The van der Waals surface area contributed by atoms with Crippen molar-refractivity contribution in [2.75, 3.05) is 11.5 Å². The van der Waals surface area contributed by atoms with E-state index in [9.17, 15) is 4.79 Å². The number of hydrogen-bond donors (Lipinski definition) is 1. The maximum absolute atomic E-state index is 10.4. The summed E-state index contributed by atoms with van der Waals surface area (Å²) in [4.78, 5) is 14.9. The van der Waals surface area contributed by atoms with Crippen LogP contribution >= 0.6 is 11.8 Å². The zero-order chi connectivity index (χ0) is 11.5. The van der Waals surface area contributed by atoms with Crippen LogP contribution in [0.25, 0.3) is 0 Å². The van der Waals surface area contributed by atoms with Gasteiger partial charge >= 0.3 is 5.97 Å². The van der Waals surface area contributed by atoms with Crippen molar-refractivity contribution in [1.29, 1.82) is 0 Å². The molecule has 1 atom stereocenters. The minimum Gasteiger partial charge on any atom is -0.481 e. The minimum absolute atomic E-state index is 0.0822. The van der Waals surface area contributed by atoms with E-state index in [0.29, 0.717) is 18.2 Å². The first-order valence-electron chi connectivity index (χ1n) is 5.42. The lowest BCUT2D eigenvalue weighted by Gasteiger charge is -2.02. The standard InChI is InChI=1S/C11H15NO3S/c1-7-11(8-4-5-16-6-8)12-9(15-7)2-3-10(13)14/h8H,2-6H2,1H3,(H,13,14). The fourth-order valence-corrected chi connectivity index (χ4v) is 3.14. The Kier molecular flexibility index (Phi) is 3.53. The molecule has 0 radical (unpaired) electrons. The number of hydrogen-bond acceptors (Lipinski definition) is 4. The summed E-state index contributed by atoms with van der Waals surface area (Å²) in [6.45, 7) is 1.91. The van der Waals surface area contributed by atoms with Crippen LogP contribution in [0.3, 0.4) is 0 Å². The van der Waals surface area contributed by atoms with E-state index in [1.165, 1.54) is 5.75 Å². The van der Waals surface area contributed by atoms with Crippen molar-refractivity contribution in [2.24, 2.45) is 0 Å². The van der Waals surface area contributed by atoms with Crippen molar-refractivity contribution in [3.8, 4) is 0 Å². The lowest BCUT2D eigenvalue weighted by Crippen LogP contribution is -2.00. The van der Waals surface area contributed by atoms with Crippen molar-refractivity contribution < 1.29 is 14.3 Å². The van der Waals surface area contributed by atoms with E-state index in [2.05, 4.69) is 4.98 Å². The molecule has 1 saturated heterocycles. The largest absolute Gasteiger partial charge is 0.481 e. The average Bonchev–Trinajstić information content (AvgIpc) is 2.83. The third kappa shape index (κ3) is 2.58. The number of oxazole rings is 1. The molecule has 0 amide bonds. The smallest absolute Gasteiger partial charge is 0.303 e. The maximum Gasteiger partial charge on any atom is 0.303 e. The summed E-state index contributed by atoms with van der Waals surface area (Å²) >= 11 is 1.94. The number of aliphatic carboxylic acids is 1. The highest BCUT2D eigenvalue weighted by molar-refractivity contribution is 7.99. The first kappa shape index (κ1) is 11.5. The summed E-state index contributed by atoms with van der Waals surface area (Å²) < 4.78 is 5.49. The highest BCUT2D eigenvalue weighted by Crippen LogP contribution is 2.33. The Labute approximate surface area is 98.4 Å². The molecule has 0 spiro atoms. The van der Waals surface area contributed by atoms with E-state index < -0.39 is 5.97 Å². The van der Waals surface area contributed by atoms with Crippen molar-refractivity contribution in [2.45, 2.75) is 32.1 Å². The molecule has 0 saturated carbocycles. The molecule has 88 valence electrons. The van der Waals surface area contributed by atoms with Gasteiger partial charge in [-0.1, -0.05) is 0 Å². The second-order valence-electron chi connectivity index (χ2n) is 4.00. The number of carboxylic acid groups (broad SMARTS) is 1. The predicted octanol–water partition coefficient (Wildman–Crippen LogP) is 2.22. The predicted molar refractivity (Wildman–Crippen MR) is 61.9 cm³/mol. The molecule has 1 aliphatic rings. The number of carbonyl (C=O) groups is 1. The van der Waals surface area contributed by atoms with Gasteiger partial charge in [-0.25, -0.2) is 4.98 Å². The van der Waals surface area contributed by atoms with Crippen LogP contribution in [0, 0.1) is 6.92 Å². The van der Waals surface area contributed by atoms with E-state index in [0.717, 1.165) is 23.6 Å². The Balaban J connectivity index is 2.05. The number of nitrogens with zero attached hydrogens (tertiary/aromatic N) is 1. The van der Waals surface area contributed by atoms with Gasteiger partial charge in [0.25, 0.3) is 0 Å². The monoisotopic (exact) mass is 241 g/mol. The van der Waals surface area contributed by atoms with Gasteiger partial charge in [-0.15, -0.1) is 0 Å². The second-order valence-corrected chi connectivity index (χ2v) is 5.15. The van der Waals surface area contributed by atoms with Gasteiger partial charge < -0.3 is 9.52 Å². The fraction of sp³-hybridized carbons (Fsp3) is 0.636. The molecule has 2 rings (SSSR count). The van der Waals surface area contributed by atoms with Crippen LogP contribution in [0.15, 0.2) is 4.42 Å².